The molecule has 4 aliphatic carbocycles. The SMILES string of the molecule is C[C@@H](CCC(=O)NCCCCC(=O)O)[C@@H]1CC[C@@H]2[C@@H]3[C@@H](C[C@@H](O)[C@]21C)[C@]1(C)CC[C@H](O)C[C@@H]1C[C@@H]3O. The van der Waals surface area contributed by atoms with Crippen LogP contribution in [0.2, 0.25) is 0 Å². The maximum Gasteiger partial charge on any atom is 0.303 e. The summed E-state index contributed by atoms with van der Waals surface area (Å²) in [5.74, 6) is 0.970. The summed E-state index contributed by atoms with van der Waals surface area (Å²) in [6, 6.07) is 0. The molecule has 11 atom stereocenters. The molecule has 0 aromatic heterocycles. The van der Waals surface area contributed by atoms with Crippen LogP contribution in [-0.2, 0) is 9.59 Å². The van der Waals surface area contributed by atoms with Crippen molar-refractivity contribution in [2.75, 3.05) is 6.54 Å². The van der Waals surface area contributed by atoms with Crippen LogP contribution in [0.5, 0.6) is 0 Å². The Balaban J connectivity index is 1.37. The lowest BCUT2D eigenvalue weighted by atomic mass is 9.43. The van der Waals surface area contributed by atoms with Gasteiger partial charge in [0.1, 0.15) is 0 Å². The predicted molar refractivity (Wildman–Crippen MR) is 137 cm³/mol. The molecule has 0 spiro atoms. The van der Waals surface area contributed by atoms with E-state index in [1.807, 2.05) is 0 Å². The van der Waals surface area contributed by atoms with E-state index < -0.39 is 12.1 Å². The van der Waals surface area contributed by atoms with Gasteiger partial charge in [0.05, 0.1) is 18.3 Å². The summed E-state index contributed by atoms with van der Waals surface area (Å²) in [7, 11) is 0. The van der Waals surface area contributed by atoms with Crippen LogP contribution in [-0.4, -0.2) is 57.2 Å². The summed E-state index contributed by atoms with van der Waals surface area (Å²) in [5.41, 5.74) is -0.163. The third-order valence-electron chi connectivity index (χ3n) is 11.5. The van der Waals surface area contributed by atoms with Crippen LogP contribution >= 0.6 is 0 Å². The fourth-order valence-corrected chi connectivity index (χ4v) is 9.41. The molecule has 206 valence electrons. The van der Waals surface area contributed by atoms with Crippen molar-refractivity contribution in [1.82, 2.24) is 5.32 Å². The highest BCUT2D eigenvalue weighted by molar-refractivity contribution is 5.75. The molecule has 0 aromatic carbocycles. The number of aliphatic hydroxyl groups excluding tert-OH is 3. The third-order valence-corrected chi connectivity index (χ3v) is 11.5. The number of aliphatic hydroxyl groups is 3. The van der Waals surface area contributed by atoms with E-state index in [-0.39, 0.29) is 41.3 Å². The smallest absolute Gasteiger partial charge is 0.303 e. The van der Waals surface area contributed by atoms with Gasteiger partial charge in [0.2, 0.25) is 5.91 Å². The minimum Gasteiger partial charge on any atom is -0.481 e. The zero-order chi connectivity index (χ0) is 26.3. The molecule has 0 unspecified atom stereocenters. The summed E-state index contributed by atoms with van der Waals surface area (Å²) in [6.07, 6.45) is 7.71. The molecule has 1 amide bonds. The maximum atomic E-state index is 12.4. The number of carbonyl (C=O) groups is 2. The average molecular weight is 508 g/mol. The van der Waals surface area contributed by atoms with Crippen molar-refractivity contribution in [3.05, 3.63) is 0 Å². The molecule has 0 heterocycles. The summed E-state index contributed by atoms with van der Waals surface area (Å²) >= 11 is 0. The van der Waals surface area contributed by atoms with Gasteiger partial charge < -0.3 is 25.7 Å². The van der Waals surface area contributed by atoms with Crippen molar-refractivity contribution < 1.29 is 30.0 Å². The first kappa shape index (κ1) is 27.8. The molecule has 0 bridgehead atoms. The fourth-order valence-electron chi connectivity index (χ4n) is 9.41. The van der Waals surface area contributed by atoms with Crippen molar-refractivity contribution in [3.8, 4) is 0 Å². The van der Waals surface area contributed by atoms with Crippen LogP contribution in [0, 0.1) is 46.3 Å². The number of hydrogen-bond acceptors (Lipinski definition) is 5. The molecule has 4 aliphatic rings. The molecule has 7 heteroatoms. The monoisotopic (exact) mass is 507 g/mol. The lowest BCUT2D eigenvalue weighted by molar-refractivity contribution is -0.207. The molecule has 36 heavy (non-hydrogen) atoms. The second-order valence-electron chi connectivity index (χ2n) is 13.2. The zero-order valence-electron chi connectivity index (χ0n) is 22.5. The first-order valence-electron chi connectivity index (χ1n) is 14.5. The molecule has 5 N–H and O–H groups in total. The second-order valence-corrected chi connectivity index (χ2v) is 13.2. The number of unbranched alkanes of at least 4 members (excludes halogenated alkanes) is 1. The predicted octanol–water partition coefficient (Wildman–Crippen LogP) is 3.74. The first-order chi connectivity index (χ1) is 17.0. The lowest BCUT2D eigenvalue weighted by Gasteiger charge is -2.63. The van der Waals surface area contributed by atoms with Gasteiger partial charge >= 0.3 is 5.97 Å². The number of nitrogens with one attached hydrogen (secondary N) is 1. The van der Waals surface area contributed by atoms with E-state index in [4.69, 9.17) is 5.11 Å². The van der Waals surface area contributed by atoms with E-state index in [0.717, 1.165) is 51.4 Å². The van der Waals surface area contributed by atoms with E-state index in [2.05, 4.69) is 26.1 Å². The van der Waals surface area contributed by atoms with Gasteiger partial charge in [0, 0.05) is 19.4 Å². The van der Waals surface area contributed by atoms with Crippen LogP contribution in [0.4, 0.5) is 0 Å². The number of carbonyl (C=O) groups excluding carboxylic acids is 1. The number of rotatable bonds is 9. The van der Waals surface area contributed by atoms with Crippen molar-refractivity contribution in [2.24, 2.45) is 46.3 Å². The first-order valence-corrected chi connectivity index (χ1v) is 14.5. The Morgan fingerprint density at radius 1 is 0.972 bits per heavy atom. The molecule has 0 saturated heterocycles. The van der Waals surface area contributed by atoms with Crippen LogP contribution in [0.1, 0.15) is 97.8 Å². The van der Waals surface area contributed by atoms with Gasteiger partial charge in [-0.2, -0.15) is 0 Å². The van der Waals surface area contributed by atoms with Crippen LogP contribution in [0.3, 0.4) is 0 Å². The average Bonchev–Trinajstić information content (AvgIpc) is 3.17. The number of fused-ring (bicyclic) bond motifs is 5. The summed E-state index contributed by atoms with van der Waals surface area (Å²) in [5, 5.41) is 45.0. The lowest BCUT2D eigenvalue weighted by Crippen LogP contribution is -2.62. The number of carboxylic acids is 1. The van der Waals surface area contributed by atoms with E-state index in [1.165, 1.54) is 0 Å². The number of amides is 1. The minimum absolute atomic E-state index is 0.0160. The molecule has 7 nitrogen and oxygen atoms in total. The van der Waals surface area contributed by atoms with Gasteiger partial charge in [-0.05, 0) is 111 Å². The van der Waals surface area contributed by atoms with Crippen molar-refractivity contribution in [2.45, 2.75) is 116 Å². The zero-order valence-corrected chi connectivity index (χ0v) is 22.5. The van der Waals surface area contributed by atoms with Crippen molar-refractivity contribution in [3.63, 3.8) is 0 Å². The quantitative estimate of drug-likeness (QED) is 0.303. The van der Waals surface area contributed by atoms with Crippen LogP contribution < -0.4 is 5.32 Å². The van der Waals surface area contributed by atoms with Crippen LogP contribution in [0.25, 0.3) is 0 Å². The van der Waals surface area contributed by atoms with E-state index >= 15 is 0 Å². The van der Waals surface area contributed by atoms with Gasteiger partial charge in [-0.3, -0.25) is 9.59 Å². The Morgan fingerprint density at radius 3 is 2.44 bits per heavy atom. The van der Waals surface area contributed by atoms with E-state index in [0.29, 0.717) is 55.4 Å². The van der Waals surface area contributed by atoms with Gasteiger partial charge in [-0.1, -0.05) is 20.8 Å². The second kappa shape index (κ2) is 10.9. The number of hydrogen-bond donors (Lipinski definition) is 5. The largest absolute Gasteiger partial charge is 0.481 e. The summed E-state index contributed by atoms with van der Waals surface area (Å²) in [4.78, 5) is 23.0. The van der Waals surface area contributed by atoms with Crippen molar-refractivity contribution in [1.29, 1.82) is 0 Å². The third kappa shape index (κ3) is 5.09. The number of aliphatic carboxylic acids is 1. The molecule has 4 saturated carbocycles. The van der Waals surface area contributed by atoms with Gasteiger partial charge in [-0.25, -0.2) is 0 Å². The molecule has 4 rings (SSSR count). The van der Waals surface area contributed by atoms with Crippen molar-refractivity contribution >= 4 is 11.9 Å². The Hall–Kier alpha value is -1.18. The Bertz CT molecular complexity index is 805. The maximum absolute atomic E-state index is 12.4. The topological polar surface area (TPSA) is 127 Å². The van der Waals surface area contributed by atoms with Gasteiger partial charge in [0.25, 0.3) is 0 Å². The molecule has 0 aliphatic heterocycles. The van der Waals surface area contributed by atoms with Gasteiger partial charge in [-0.15, -0.1) is 0 Å². The summed E-state index contributed by atoms with van der Waals surface area (Å²) in [6.45, 7) is 7.34. The standard InChI is InChI=1S/C29H49NO6/c1-17(7-10-25(34)30-13-5-4-6-26(35)36)20-8-9-21-27-22(16-24(33)29(20,21)3)28(2)12-11-19(31)14-18(28)15-23(27)32/h17-24,27,31-33H,4-16H2,1-3H3,(H,30,34)(H,35,36)/t17-,18+,19-,20-,21+,22+,23-,24+,27+,28+,29-/m0/s1. The van der Waals surface area contributed by atoms with Gasteiger partial charge in [0.15, 0.2) is 0 Å². The Morgan fingerprint density at radius 2 is 1.72 bits per heavy atom. The Kier molecular flexibility index (Phi) is 8.43. The van der Waals surface area contributed by atoms with Crippen LogP contribution in [0.15, 0.2) is 0 Å². The van der Waals surface area contributed by atoms with E-state index in [1.54, 1.807) is 0 Å². The summed E-state index contributed by atoms with van der Waals surface area (Å²) < 4.78 is 0. The normalized spacial score (nSPS) is 44.7. The number of carboxylic acid groups (broad SMARTS) is 1. The molecule has 4 fully saturated rings. The highest BCUT2D eigenvalue weighted by Gasteiger charge is 2.65. The highest BCUT2D eigenvalue weighted by Crippen LogP contribution is 2.68. The Labute approximate surface area is 216 Å². The molecule has 0 radical (unpaired) electrons. The molecular weight excluding hydrogens is 458 g/mol. The van der Waals surface area contributed by atoms with E-state index in [9.17, 15) is 24.9 Å². The molecular formula is C29H49NO6. The minimum atomic E-state index is -0.804. The highest BCUT2D eigenvalue weighted by atomic mass is 16.4. The fraction of sp³-hybridized carbons (Fsp3) is 0.931. The molecule has 0 aromatic rings.